The number of carbonyl (C=O) groups is 1. The van der Waals surface area contributed by atoms with Gasteiger partial charge in [-0.2, -0.15) is 0 Å². The molecule has 2 aromatic carbocycles. The molecule has 132 valence electrons. The second-order valence-electron chi connectivity index (χ2n) is 6.14. The third kappa shape index (κ3) is 4.33. The lowest BCUT2D eigenvalue weighted by Crippen LogP contribution is -2.40. The van der Waals surface area contributed by atoms with Crippen molar-refractivity contribution in [1.29, 1.82) is 0 Å². The molecule has 1 amide bonds. The van der Waals surface area contributed by atoms with Crippen LogP contribution in [-0.4, -0.2) is 31.5 Å². The molecule has 1 aliphatic heterocycles. The van der Waals surface area contributed by atoms with Crippen LogP contribution in [0.1, 0.15) is 12.0 Å². The number of ether oxygens (including phenoxy) is 1. The Morgan fingerprint density at radius 1 is 1.24 bits per heavy atom. The van der Waals surface area contributed by atoms with Gasteiger partial charge in [0.2, 0.25) is 5.91 Å². The number of hydrogen-bond donors (Lipinski definition) is 2. The van der Waals surface area contributed by atoms with Gasteiger partial charge in [-0.1, -0.05) is 36.4 Å². The monoisotopic (exact) mass is 346 g/mol. The molecule has 0 aliphatic carbocycles. The molecule has 4 nitrogen and oxygen atoms in total. The summed E-state index contributed by atoms with van der Waals surface area (Å²) < 4.78 is 31.5. The van der Waals surface area contributed by atoms with E-state index in [0.29, 0.717) is 6.54 Å². The lowest BCUT2D eigenvalue weighted by atomic mass is 10.0. The van der Waals surface area contributed by atoms with E-state index in [0.717, 1.165) is 22.4 Å². The van der Waals surface area contributed by atoms with Crippen LogP contribution in [0.4, 0.5) is 8.78 Å². The number of methoxy groups -OCH3 is 1. The first-order valence-electron chi connectivity index (χ1n) is 8.09. The van der Waals surface area contributed by atoms with Gasteiger partial charge < -0.3 is 10.1 Å². The fraction of sp³-hybridized carbons (Fsp3) is 0.316. The van der Waals surface area contributed by atoms with Crippen molar-refractivity contribution in [3.05, 3.63) is 54.1 Å². The highest BCUT2D eigenvalue weighted by molar-refractivity contribution is 5.82. The largest absolute Gasteiger partial charge is 0.497 e. The first kappa shape index (κ1) is 17.4. The van der Waals surface area contributed by atoms with Crippen molar-refractivity contribution in [1.82, 2.24) is 10.6 Å². The molecule has 6 heteroatoms. The third-order valence-electron chi connectivity index (χ3n) is 4.25. The van der Waals surface area contributed by atoms with Crippen LogP contribution in [0.15, 0.2) is 48.5 Å². The van der Waals surface area contributed by atoms with Crippen LogP contribution in [0, 0.1) is 0 Å². The van der Waals surface area contributed by atoms with Crippen molar-refractivity contribution < 1.29 is 18.3 Å². The fourth-order valence-corrected chi connectivity index (χ4v) is 2.83. The standard InChI is InChI=1S/C19H20F2N2O2/c1-25-16-4-2-3-15(9-16)14-7-5-13(6-8-14)11-22-18(24)17-10-19(20,21)12-23-17/h2-9,17,23H,10-12H2,1H3,(H,22,24). The Balaban J connectivity index is 1.58. The van der Waals surface area contributed by atoms with E-state index in [4.69, 9.17) is 4.74 Å². The smallest absolute Gasteiger partial charge is 0.262 e. The molecule has 3 rings (SSSR count). The van der Waals surface area contributed by atoms with E-state index in [1.807, 2.05) is 48.5 Å². The predicted octanol–water partition coefficient (Wildman–Crippen LogP) is 2.98. The summed E-state index contributed by atoms with van der Waals surface area (Å²) >= 11 is 0. The van der Waals surface area contributed by atoms with Gasteiger partial charge in [-0.25, -0.2) is 8.78 Å². The lowest BCUT2D eigenvalue weighted by molar-refractivity contribution is -0.123. The number of carbonyl (C=O) groups excluding carboxylic acids is 1. The van der Waals surface area contributed by atoms with Crippen molar-refractivity contribution in [3.63, 3.8) is 0 Å². The summed E-state index contributed by atoms with van der Waals surface area (Å²) in [4.78, 5) is 11.9. The highest BCUT2D eigenvalue weighted by Crippen LogP contribution is 2.26. The van der Waals surface area contributed by atoms with E-state index in [-0.39, 0.29) is 0 Å². The molecule has 2 N–H and O–H groups in total. The maximum absolute atomic E-state index is 13.1. The van der Waals surface area contributed by atoms with Gasteiger partial charge in [-0.05, 0) is 28.8 Å². The normalized spacial score (nSPS) is 18.8. The highest BCUT2D eigenvalue weighted by atomic mass is 19.3. The van der Waals surface area contributed by atoms with Gasteiger partial charge in [0.15, 0.2) is 0 Å². The van der Waals surface area contributed by atoms with E-state index in [9.17, 15) is 13.6 Å². The molecule has 2 aromatic rings. The Morgan fingerprint density at radius 3 is 2.64 bits per heavy atom. The van der Waals surface area contributed by atoms with E-state index in [1.54, 1.807) is 7.11 Å². The summed E-state index contributed by atoms with van der Waals surface area (Å²) in [6.45, 7) is -0.138. The van der Waals surface area contributed by atoms with Crippen LogP contribution in [0.3, 0.4) is 0 Å². The number of alkyl halides is 2. The molecule has 0 aromatic heterocycles. The maximum atomic E-state index is 13.1. The van der Waals surface area contributed by atoms with Crippen molar-refractivity contribution in [2.45, 2.75) is 24.9 Å². The average molecular weight is 346 g/mol. The number of rotatable bonds is 5. The zero-order valence-corrected chi connectivity index (χ0v) is 13.9. The summed E-state index contributed by atoms with van der Waals surface area (Å²) in [5, 5.41) is 5.25. The van der Waals surface area contributed by atoms with Crippen LogP contribution in [0.2, 0.25) is 0 Å². The molecule has 0 radical (unpaired) electrons. The van der Waals surface area contributed by atoms with E-state index < -0.39 is 30.8 Å². The quantitative estimate of drug-likeness (QED) is 0.875. The zero-order valence-electron chi connectivity index (χ0n) is 13.9. The molecular formula is C19H20F2N2O2. The maximum Gasteiger partial charge on any atom is 0.262 e. The Hall–Kier alpha value is -2.47. The SMILES string of the molecule is COc1cccc(-c2ccc(CNC(=O)C3CC(F)(F)CN3)cc2)c1. The number of nitrogens with one attached hydrogen (secondary N) is 2. The highest BCUT2D eigenvalue weighted by Gasteiger charge is 2.42. The van der Waals surface area contributed by atoms with Gasteiger partial charge in [0.05, 0.1) is 19.7 Å². The van der Waals surface area contributed by atoms with Crippen molar-refractivity contribution >= 4 is 5.91 Å². The summed E-state index contributed by atoms with van der Waals surface area (Å²) in [5.41, 5.74) is 2.98. The summed E-state index contributed by atoms with van der Waals surface area (Å²) in [6, 6.07) is 14.6. The van der Waals surface area contributed by atoms with Gasteiger partial charge in [0.1, 0.15) is 5.75 Å². The van der Waals surface area contributed by atoms with E-state index in [1.165, 1.54) is 0 Å². The molecule has 1 atom stereocenters. The van der Waals surface area contributed by atoms with Crippen LogP contribution in [0.25, 0.3) is 11.1 Å². The molecular weight excluding hydrogens is 326 g/mol. The molecule has 0 bridgehead atoms. The average Bonchev–Trinajstić information content (AvgIpc) is 3.00. The minimum absolute atomic E-state index is 0.307. The second kappa shape index (κ2) is 7.19. The first-order valence-corrected chi connectivity index (χ1v) is 8.09. The molecule has 1 aliphatic rings. The Bertz CT molecular complexity index is 747. The van der Waals surface area contributed by atoms with Crippen molar-refractivity contribution in [2.75, 3.05) is 13.7 Å². The molecule has 0 spiro atoms. The van der Waals surface area contributed by atoms with Gasteiger partial charge >= 0.3 is 0 Å². The summed E-state index contributed by atoms with van der Waals surface area (Å²) in [6.07, 6.45) is -0.451. The topological polar surface area (TPSA) is 50.4 Å². The number of halogens is 2. The Labute approximate surface area is 145 Å². The van der Waals surface area contributed by atoms with E-state index >= 15 is 0 Å². The van der Waals surface area contributed by atoms with Gasteiger partial charge in [-0.15, -0.1) is 0 Å². The van der Waals surface area contributed by atoms with Crippen molar-refractivity contribution in [3.8, 4) is 16.9 Å². The van der Waals surface area contributed by atoms with Crippen LogP contribution < -0.4 is 15.4 Å². The third-order valence-corrected chi connectivity index (χ3v) is 4.25. The second-order valence-corrected chi connectivity index (χ2v) is 6.14. The Morgan fingerprint density at radius 2 is 2.00 bits per heavy atom. The molecule has 0 saturated carbocycles. The van der Waals surface area contributed by atoms with Crippen LogP contribution in [0.5, 0.6) is 5.75 Å². The predicted molar refractivity (Wildman–Crippen MR) is 91.6 cm³/mol. The molecule has 1 heterocycles. The summed E-state index contributed by atoms with van der Waals surface area (Å²) in [5.74, 6) is -2.41. The molecule has 25 heavy (non-hydrogen) atoms. The zero-order chi connectivity index (χ0) is 17.9. The minimum atomic E-state index is -2.81. The van der Waals surface area contributed by atoms with Crippen LogP contribution >= 0.6 is 0 Å². The fourth-order valence-electron chi connectivity index (χ4n) is 2.83. The molecule has 1 fully saturated rings. The minimum Gasteiger partial charge on any atom is -0.497 e. The van der Waals surface area contributed by atoms with Crippen LogP contribution in [-0.2, 0) is 11.3 Å². The van der Waals surface area contributed by atoms with E-state index in [2.05, 4.69) is 10.6 Å². The number of hydrogen-bond acceptors (Lipinski definition) is 3. The number of amides is 1. The molecule has 1 unspecified atom stereocenters. The van der Waals surface area contributed by atoms with Gasteiger partial charge in [0.25, 0.3) is 5.92 Å². The summed E-state index contributed by atoms with van der Waals surface area (Å²) in [7, 11) is 1.62. The first-order chi connectivity index (χ1) is 12.0. The van der Waals surface area contributed by atoms with Gasteiger partial charge in [0, 0.05) is 13.0 Å². The van der Waals surface area contributed by atoms with Crippen molar-refractivity contribution in [2.24, 2.45) is 0 Å². The van der Waals surface area contributed by atoms with Gasteiger partial charge in [-0.3, -0.25) is 10.1 Å². The molecule has 1 saturated heterocycles. The number of benzene rings is 2. The lowest BCUT2D eigenvalue weighted by Gasteiger charge is -2.11. The Kier molecular flexibility index (Phi) is 4.99.